The Labute approximate surface area is 224 Å². The first-order valence-electron chi connectivity index (χ1n) is 14.3. The van der Waals surface area contributed by atoms with Gasteiger partial charge in [0.25, 0.3) is 0 Å². The lowest BCUT2D eigenvalue weighted by Crippen LogP contribution is -2.43. The van der Waals surface area contributed by atoms with Crippen molar-refractivity contribution < 1.29 is 9.13 Å². The van der Waals surface area contributed by atoms with E-state index < -0.39 is 5.82 Å². The Morgan fingerprint density at radius 3 is 2.53 bits per heavy atom. The van der Waals surface area contributed by atoms with Gasteiger partial charge in [-0.1, -0.05) is 18.2 Å². The third kappa shape index (κ3) is 3.99. The topological polar surface area (TPSA) is 57.6 Å². The van der Waals surface area contributed by atoms with E-state index in [1.165, 1.54) is 32.1 Å². The maximum absolute atomic E-state index is 16.4. The molecular weight excluding hydrogens is 479 g/mol. The highest BCUT2D eigenvalue weighted by Crippen LogP contribution is 2.42. The molecule has 8 heteroatoms. The third-order valence-electron chi connectivity index (χ3n) is 9.47. The normalized spacial score (nSPS) is 24.2. The molecule has 38 heavy (non-hydrogen) atoms. The molecule has 200 valence electrons. The number of piperidine rings is 1. The molecule has 3 aromatic rings. The van der Waals surface area contributed by atoms with Crippen LogP contribution in [0.1, 0.15) is 44.9 Å². The van der Waals surface area contributed by atoms with Crippen molar-refractivity contribution in [1.82, 2.24) is 19.9 Å². The van der Waals surface area contributed by atoms with E-state index in [1.54, 1.807) is 6.20 Å². The fraction of sp³-hybridized carbons (Fsp3) is 0.567. The van der Waals surface area contributed by atoms with E-state index in [0.29, 0.717) is 35.0 Å². The Balaban J connectivity index is 1.32. The third-order valence-corrected chi connectivity index (χ3v) is 9.47. The number of halogens is 1. The molecule has 4 aliphatic rings. The van der Waals surface area contributed by atoms with Crippen LogP contribution >= 0.6 is 0 Å². The zero-order valence-electron chi connectivity index (χ0n) is 22.5. The highest BCUT2D eigenvalue weighted by Gasteiger charge is 2.45. The monoisotopic (exact) mass is 516 g/mol. The van der Waals surface area contributed by atoms with E-state index in [0.717, 1.165) is 56.1 Å². The molecule has 7 rings (SSSR count). The molecule has 2 bridgehead atoms. The zero-order chi connectivity index (χ0) is 25.9. The number of fused-ring (bicyclic) bond motifs is 4. The van der Waals surface area contributed by atoms with Gasteiger partial charge in [-0.2, -0.15) is 9.97 Å². The molecule has 7 nitrogen and oxygen atoms in total. The predicted molar refractivity (Wildman–Crippen MR) is 148 cm³/mol. The van der Waals surface area contributed by atoms with Gasteiger partial charge in [-0.15, -0.1) is 0 Å². The highest BCUT2D eigenvalue weighted by atomic mass is 19.1. The van der Waals surface area contributed by atoms with Gasteiger partial charge >= 0.3 is 6.01 Å². The minimum Gasteiger partial charge on any atom is -0.461 e. The summed E-state index contributed by atoms with van der Waals surface area (Å²) in [6, 6.07) is 8.07. The number of nitrogens with zero attached hydrogens (tertiary/aromatic N) is 6. The van der Waals surface area contributed by atoms with Crippen LogP contribution in [0.3, 0.4) is 0 Å². The van der Waals surface area contributed by atoms with Gasteiger partial charge in [0.15, 0.2) is 5.82 Å². The summed E-state index contributed by atoms with van der Waals surface area (Å²) < 4.78 is 22.8. The molecule has 0 radical (unpaired) electrons. The number of benzene rings is 1. The van der Waals surface area contributed by atoms with Crippen molar-refractivity contribution in [3.63, 3.8) is 0 Å². The van der Waals surface area contributed by atoms with Crippen molar-refractivity contribution in [2.75, 3.05) is 56.7 Å². The molecule has 1 saturated carbocycles. The average Bonchev–Trinajstić information content (AvgIpc) is 3.61. The number of para-hydroxylation sites is 1. The molecule has 5 heterocycles. The van der Waals surface area contributed by atoms with Crippen LogP contribution in [0.2, 0.25) is 0 Å². The van der Waals surface area contributed by atoms with Crippen LogP contribution in [0.25, 0.3) is 22.2 Å². The van der Waals surface area contributed by atoms with Crippen molar-refractivity contribution in [1.29, 1.82) is 0 Å². The average molecular weight is 517 g/mol. The van der Waals surface area contributed by atoms with Gasteiger partial charge in [0, 0.05) is 44.6 Å². The van der Waals surface area contributed by atoms with E-state index in [4.69, 9.17) is 14.7 Å². The number of aromatic nitrogens is 3. The van der Waals surface area contributed by atoms with Crippen molar-refractivity contribution >= 4 is 22.4 Å². The van der Waals surface area contributed by atoms with E-state index >= 15 is 4.39 Å². The van der Waals surface area contributed by atoms with Crippen molar-refractivity contribution in [2.45, 2.75) is 50.5 Å². The molecule has 0 spiro atoms. The summed E-state index contributed by atoms with van der Waals surface area (Å²) >= 11 is 0. The lowest BCUT2D eigenvalue weighted by Gasteiger charge is -2.34. The number of pyridine rings is 1. The Morgan fingerprint density at radius 1 is 1.05 bits per heavy atom. The maximum atomic E-state index is 16.4. The molecule has 4 fully saturated rings. The smallest absolute Gasteiger partial charge is 0.319 e. The maximum Gasteiger partial charge on any atom is 0.319 e. The molecule has 2 aromatic heterocycles. The molecule has 3 aliphatic heterocycles. The number of rotatable bonds is 6. The zero-order valence-corrected chi connectivity index (χ0v) is 22.5. The second-order valence-corrected chi connectivity index (χ2v) is 12.1. The minimum absolute atomic E-state index is 0.0787. The van der Waals surface area contributed by atoms with Crippen LogP contribution in [0, 0.1) is 17.7 Å². The van der Waals surface area contributed by atoms with Crippen LogP contribution in [0.4, 0.5) is 15.9 Å². The Morgan fingerprint density at radius 2 is 1.79 bits per heavy atom. The van der Waals surface area contributed by atoms with E-state index in [9.17, 15) is 0 Å². The fourth-order valence-corrected chi connectivity index (χ4v) is 7.62. The Kier molecular flexibility index (Phi) is 5.91. The first-order chi connectivity index (χ1) is 18.5. The highest BCUT2D eigenvalue weighted by molar-refractivity contribution is 5.93. The molecule has 2 unspecified atom stereocenters. The molecule has 2 atom stereocenters. The van der Waals surface area contributed by atoms with Crippen molar-refractivity contribution in [3.8, 4) is 17.3 Å². The first kappa shape index (κ1) is 24.1. The van der Waals surface area contributed by atoms with Gasteiger partial charge in [-0.25, -0.2) is 4.39 Å². The Bertz CT molecular complexity index is 1340. The predicted octanol–water partition coefficient (Wildman–Crippen LogP) is 5.14. The standard InChI is InChI=1S/C30H37FN6O/c1-35(2)24-8-4-3-7-22(24)26-25(31)27-23(16-32-26)28(36-17-20-9-10-21(15-20)18-36)34-29(33-27)38-19-30-11-5-13-37(30)14-6-12-30/h3-4,7-8,16,20-21H,5-6,9-15,17-19H2,1-2H3. The van der Waals surface area contributed by atoms with Gasteiger partial charge in [-0.3, -0.25) is 9.88 Å². The van der Waals surface area contributed by atoms with E-state index in [2.05, 4.69) is 14.8 Å². The summed E-state index contributed by atoms with van der Waals surface area (Å²) in [5.74, 6) is 1.72. The molecule has 0 N–H and O–H groups in total. The quantitative estimate of drug-likeness (QED) is 0.450. The Hall–Kier alpha value is -3.00. The number of hydrogen-bond donors (Lipinski definition) is 0. The summed E-state index contributed by atoms with van der Waals surface area (Å²) in [6.07, 6.45) is 10.3. The summed E-state index contributed by atoms with van der Waals surface area (Å²) in [5.41, 5.74) is 2.36. The van der Waals surface area contributed by atoms with Crippen LogP contribution < -0.4 is 14.5 Å². The molecular formula is C30H37FN6O. The summed E-state index contributed by atoms with van der Waals surface area (Å²) in [6.45, 7) is 4.74. The van der Waals surface area contributed by atoms with E-state index in [1.807, 2.05) is 43.3 Å². The number of anilines is 2. The van der Waals surface area contributed by atoms with Gasteiger partial charge in [0.1, 0.15) is 23.6 Å². The van der Waals surface area contributed by atoms with Crippen LogP contribution in [-0.2, 0) is 0 Å². The van der Waals surface area contributed by atoms with Gasteiger partial charge < -0.3 is 14.5 Å². The second kappa shape index (κ2) is 9.33. The number of ether oxygens (including phenoxy) is 1. The fourth-order valence-electron chi connectivity index (χ4n) is 7.62. The van der Waals surface area contributed by atoms with Crippen molar-refractivity contribution in [2.24, 2.45) is 11.8 Å². The summed E-state index contributed by atoms with van der Waals surface area (Å²) in [7, 11) is 3.92. The largest absolute Gasteiger partial charge is 0.461 e. The van der Waals surface area contributed by atoms with E-state index in [-0.39, 0.29) is 11.5 Å². The first-order valence-corrected chi connectivity index (χ1v) is 14.3. The number of hydrogen-bond acceptors (Lipinski definition) is 7. The molecule has 1 aliphatic carbocycles. The molecule has 3 saturated heterocycles. The lowest BCUT2D eigenvalue weighted by molar-refractivity contribution is 0.108. The minimum atomic E-state index is -0.410. The van der Waals surface area contributed by atoms with Crippen LogP contribution in [0.15, 0.2) is 30.5 Å². The summed E-state index contributed by atoms with van der Waals surface area (Å²) in [5, 5.41) is 0.670. The molecule has 0 amide bonds. The molecule has 1 aromatic carbocycles. The van der Waals surface area contributed by atoms with Crippen LogP contribution in [-0.4, -0.2) is 72.3 Å². The van der Waals surface area contributed by atoms with Gasteiger partial charge in [0.05, 0.1) is 10.9 Å². The van der Waals surface area contributed by atoms with Crippen LogP contribution in [0.5, 0.6) is 6.01 Å². The summed E-state index contributed by atoms with van der Waals surface area (Å²) in [4.78, 5) is 21.2. The SMILES string of the molecule is CN(C)c1ccccc1-c1ncc2c(N3CC4CCC(C4)C3)nc(OCC34CCCN3CCC4)nc2c1F. The second-order valence-electron chi connectivity index (χ2n) is 12.1. The van der Waals surface area contributed by atoms with Gasteiger partial charge in [0.2, 0.25) is 0 Å². The van der Waals surface area contributed by atoms with Gasteiger partial charge in [-0.05, 0) is 75.9 Å². The lowest BCUT2D eigenvalue weighted by atomic mass is 9.95. The van der Waals surface area contributed by atoms with Crippen molar-refractivity contribution in [3.05, 3.63) is 36.3 Å².